The lowest BCUT2D eigenvalue weighted by atomic mass is 10.1. The predicted molar refractivity (Wildman–Crippen MR) is 114 cm³/mol. The van der Waals surface area contributed by atoms with Gasteiger partial charge in [-0.25, -0.2) is 4.98 Å². The molecule has 2 unspecified atom stereocenters. The largest absolute Gasteiger partial charge is 0.472 e. The number of aromatic nitrogens is 1. The first-order valence-electron chi connectivity index (χ1n) is 9.67. The molecular formula is C23H22N4O3. The Morgan fingerprint density at radius 1 is 1.10 bits per heavy atom. The molecule has 152 valence electrons. The topological polar surface area (TPSA) is 97.5 Å². The normalized spacial score (nSPS) is 16.4. The Morgan fingerprint density at radius 3 is 2.47 bits per heavy atom. The molecule has 2 heterocycles. The smallest absolute Gasteiger partial charge is 0.274 e. The van der Waals surface area contributed by atoms with E-state index in [1.54, 1.807) is 12.1 Å². The molecule has 2 atom stereocenters. The highest BCUT2D eigenvalue weighted by Gasteiger charge is 2.37. The van der Waals surface area contributed by atoms with Gasteiger partial charge in [0, 0.05) is 5.56 Å². The molecule has 4 rings (SSSR count). The fourth-order valence-electron chi connectivity index (χ4n) is 3.41. The third-order valence-corrected chi connectivity index (χ3v) is 4.93. The monoisotopic (exact) mass is 402 g/mol. The van der Waals surface area contributed by atoms with Crippen LogP contribution in [0.2, 0.25) is 0 Å². The van der Waals surface area contributed by atoms with Gasteiger partial charge >= 0.3 is 0 Å². The number of hydrogen-bond donors (Lipinski definition) is 2. The van der Waals surface area contributed by atoms with Crippen molar-refractivity contribution in [3.63, 3.8) is 0 Å². The summed E-state index contributed by atoms with van der Waals surface area (Å²) in [4.78, 5) is 31.6. The van der Waals surface area contributed by atoms with Crippen LogP contribution in [0.15, 0.2) is 72.8 Å². The summed E-state index contributed by atoms with van der Waals surface area (Å²) in [6.45, 7) is 1.71. The van der Waals surface area contributed by atoms with Crippen LogP contribution in [-0.2, 0) is 9.59 Å². The van der Waals surface area contributed by atoms with Gasteiger partial charge in [-0.15, -0.1) is 0 Å². The summed E-state index contributed by atoms with van der Waals surface area (Å²) >= 11 is 0. The van der Waals surface area contributed by atoms with Gasteiger partial charge < -0.3 is 15.8 Å². The number of hydrogen-bond acceptors (Lipinski definition) is 5. The second kappa shape index (κ2) is 8.24. The number of benzene rings is 2. The van der Waals surface area contributed by atoms with Crippen molar-refractivity contribution in [3.05, 3.63) is 83.9 Å². The molecular weight excluding hydrogens is 380 g/mol. The summed E-state index contributed by atoms with van der Waals surface area (Å²) in [5.41, 5.74) is 7.50. The van der Waals surface area contributed by atoms with Crippen molar-refractivity contribution in [3.8, 4) is 5.75 Å². The Kier molecular flexibility index (Phi) is 5.34. The van der Waals surface area contributed by atoms with E-state index >= 15 is 0 Å². The molecule has 2 aromatic carbocycles. The standard InChI is InChI=1S/C23H22N4O3/c1-15(16-8-4-2-5-9-16)25-20(28)14-27-22-18(12-13-19(24)26-22)30-21(23(27)29)17-10-6-3-7-11-17/h2-13,15,21H,14H2,1H3,(H2,24,26)(H,25,28). The van der Waals surface area contributed by atoms with E-state index in [1.165, 1.54) is 4.90 Å². The van der Waals surface area contributed by atoms with E-state index < -0.39 is 6.10 Å². The maximum atomic E-state index is 13.2. The maximum Gasteiger partial charge on any atom is 0.274 e. The van der Waals surface area contributed by atoms with E-state index in [2.05, 4.69) is 10.3 Å². The molecule has 3 aromatic rings. The fourth-order valence-corrected chi connectivity index (χ4v) is 3.41. The van der Waals surface area contributed by atoms with Gasteiger partial charge in [-0.05, 0) is 24.6 Å². The van der Waals surface area contributed by atoms with Crippen LogP contribution in [-0.4, -0.2) is 23.3 Å². The van der Waals surface area contributed by atoms with Crippen LogP contribution in [0, 0.1) is 0 Å². The highest BCUT2D eigenvalue weighted by molar-refractivity contribution is 6.03. The molecule has 7 nitrogen and oxygen atoms in total. The number of fused-ring (bicyclic) bond motifs is 1. The molecule has 2 amide bonds. The molecule has 30 heavy (non-hydrogen) atoms. The van der Waals surface area contributed by atoms with Crippen LogP contribution in [0.1, 0.15) is 30.2 Å². The van der Waals surface area contributed by atoms with Gasteiger partial charge in [-0.1, -0.05) is 60.7 Å². The quantitative estimate of drug-likeness (QED) is 0.684. The first-order chi connectivity index (χ1) is 14.5. The minimum absolute atomic E-state index is 0.188. The number of carbonyl (C=O) groups is 2. The summed E-state index contributed by atoms with van der Waals surface area (Å²) in [5.74, 6) is 0.223. The molecule has 0 fully saturated rings. The van der Waals surface area contributed by atoms with Crippen molar-refractivity contribution in [2.75, 3.05) is 17.2 Å². The number of nitrogen functional groups attached to an aromatic ring is 1. The highest BCUT2D eigenvalue weighted by atomic mass is 16.5. The molecule has 1 aromatic heterocycles. The maximum absolute atomic E-state index is 13.2. The number of pyridine rings is 1. The van der Waals surface area contributed by atoms with Crippen molar-refractivity contribution < 1.29 is 14.3 Å². The first kappa shape index (κ1) is 19.4. The molecule has 0 saturated heterocycles. The number of nitrogens with zero attached hydrogens (tertiary/aromatic N) is 2. The van der Waals surface area contributed by atoms with Gasteiger partial charge in [0.2, 0.25) is 12.0 Å². The Balaban J connectivity index is 1.59. The number of nitrogens with one attached hydrogen (secondary N) is 1. The molecule has 0 saturated carbocycles. The van der Waals surface area contributed by atoms with Crippen molar-refractivity contribution in [2.45, 2.75) is 19.1 Å². The molecule has 1 aliphatic heterocycles. The number of anilines is 2. The van der Waals surface area contributed by atoms with E-state index in [0.29, 0.717) is 11.3 Å². The third kappa shape index (κ3) is 3.96. The zero-order valence-corrected chi connectivity index (χ0v) is 16.5. The SMILES string of the molecule is CC(NC(=O)CN1C(=O)C(c2ccccc2)Oc2ccc(N)nc21)c1ccccc1. The number of nitrogens with two attached hydrogens (primary N) is 1. The third-order valence-electron chi connectivity index (χ3n) is 4.93. The van der Waals surface area contributed by atoms with Gasteiger partial charge in [0.15, 0.2) is 11.6 Å². The zero-order chi connectivity index (χ0) is 21.1. The van der Waals surface area contributed by atoms with Crippen molar-refractivity contribution in [1.29, 1.82) is 0 Å². The molecule has 0 bridgehead atoms. The van der Waals surface area contributed by atoms with Crippen LogP contribution in [0.4, 0.5) is 11.6 Å². The predicted octanol–water partition coefficient (Wildman–Crippen LogP) is 3.01. The zero-order valence-electron chi connectivity index (χ0n) is 16.5. The summed E-state index contributed by atoms with van der Waals surface area (Å²) in [7, 11) is 0. The minimum atomic E-state index is -0.858. The molecule has 0 radical (unpaired) electrons. The highest BCUT2D eigenvalue weighted by Crippen LogP contribution is 2.37. The average Bonchev–Trinajstić information content (AvgIpc) is 2.77. The van der Waals surface area contributed by atoms with Gasteiger partial charge in [0.1, 0.15) is 12.4 Å². The summed E-state index contributed by atoms with van der Waals surface area (Å²) in [6.07, 6.45) is -0.858. The molecule has 3 N–H and O–H groups in total. The average molecular weight is 402 g/mol. The lowest BCUT2D eigenvalue weighted by Gasteiger charge is -2.33. The molecule has 7 heteroatoms. The first-order valence-corrected chi connectivity index (χ1v) is 9.67. The van der Waals surface area contributed by atoms with Crippen LogP contribution < -0.4 is 20.7 Å². The van der Waals surface area contributed by atoms with Crippen molar-refractivity contribution in [1.82, 2.24) is 10.3 Å². The second-order valence-corrected chi connectivity index (χ2v) is 7.09. The Bertz CT molecular complexity index is 1060. The summed E-state index contributed by atoms with van der Waals surface area (Å²) < 4.78 is 5.91. The Hall–Kier alpha value is -3.87. The lowest BCUT2D eigenvalue weighted by Crippen LogP contribution is -2.47. The van der Waals surface area contributed by atoms with E-state index in [9.17, 15) is 9.59 Å². The van der Waals surface area contributed by atoms with E-state index in [0.717, 1.165) is 5.56 Å². The number of ether oxygens (including phenoxy) is 1. The van der Waals surface area contributed by atoms with E-state index in [4.69, 9.17) is 10.5 Å². The van der Waals surface area contributed by atoms with Crippen LogP contribution in [0.25, 0.3) is 0 Å². The van der Waals surface area contributed by atoms with E-state index in [-0.39, 0.29) is 36.0 Å². The summed E-state index contributed by atoms with van der Waals surface area (Å²) in [5, 5.41) is 2.93. The number of amides is 2. The van der Waals surface area contributed by atoms with Crippen molar-refractivity contribution >= 4 is 23.5 Å². The Labute approximate surface area is 174 Å². The number of carbonyl (C=O) groups excluding carboxylic acids is 2. The second-order valence-electron chi connectivity index (χ2n) is 7.09. The Morgan fingerprint density at radius 2 is 1.77 bits per heavy atom. The minimum Gasteiger partial charge on any atom is -0.472 e. The molecule has 1 aliphatic rings. The van der Waals surface area contributed by atoms with Gasteiger partial charge in [-0.2, -0.15) is 0 Å². The van der Waals surface area contributed by atoms with E-state index in [1.807, 2.05) is 67.6 Å². The van der Waals surface area contributed by atoms with Crippen molar-refractivity contribution in [2.24, 2.45) is 0 Å². The van der Waals surface area contributed by atoms with Crippen LogP contribution >= 0.6 is 0 Å². The molecule has 0 aliphatic carbocycles. The summed E-state index contributed by atoms with van der Waals surface area (Å²) in [6, 6.07) is 21.8. The van der Waals surface area contributed by atoms with Crippen LogP contribution in [0.3, 0.4) is 0 Å². The van der Waals surface area contributed by atoms with Gasteiger partial charge in [0.25, 0.3) is 5.91 Å². The number of rotatable bonds is 5. The lowest BCUT2D eigenvalue weighted by molar-refractivity contribution is -0.129. The fraction of sp³-hybridized carbons (Fsp3) is 0.174. The van der Waals surface area contributed by atoms with Crippen LogP contribution in [0.5, 0.6) is 5.75 Å². The van der Waals surface area contributed by atoms with Gasteiger partial charge in [-0.3, -0.25) is 14.5 Å². The van der Waals surface area contributed by atoms with Gasteiger partial charge in [0.05, 0.1) is 6.04 Å². The molecule has 0 spiro atoms.